The number of aryl methyl sites for hydroxylation is 1. The molecule has 0 saturated heterocycles. The van der Waals surface area contributed by atoms with E-state index < -0.39 is 33.4 Å². The van der Waals surface area contributed by atoms with E-state index in [0.717, 1.165) is 10.4 Å². The van der Waals surface area contributed by atoms with Gasteiger partial charge in [0.1, 0.15) is 18.3 Å². The second-order valence-corrected chi connectivity index (χ2v) is 12.6. The Bertz CT molecular complexity index is 1580. The normalized spacial score (nSPS) is 12.6. The molecule has 0 unspecified atom stereocenters. The molecule has 0 aliphatic rings. The summed E-state index contributed by atoms with van der Waals surface area (Å²) in [7, 11) is -3.05. The first kappa shape index (κ1) is 34.3. The molecule has 1 N–H and O–H groups in total. The summed E-state index contributed by atoms with van der Waals surface area (Å²) in [5, 5.41) is 15.0. The first-order valence-corrected chi connectivity index (χ1v) is 15.9. The summed E-state index contributed by atoms with van der Waals surface area (Å²) in [6.07, 6.45) is 0.945. The number of anilines is 1. The number of methoxy groups -OCH3 is 1. The van der Waals surface area contributed by atoms with Crippen LogP contribution in [0.2, 0.25) is 5.02 Å². The van der Waals surface area contributed by atoms with Gasteiger partial charge in [-0.3, -0.25) is 24.0 Å². The molecule has 2 amide bonds. The number of amides is 2. The smallest absolute Gasteiger partial charge is 0.273 e. The van der Waals surface area contributed by atoms with Gasteiger partial charge in [-0.25, -0.2) is 8.42 Å². The van der Waals surface area contributed by atoms with Crippen molar-refractivity contribution < 1.29 is 27.7 Å². The Balaban J connectivity index is 2.11. The first-order chi connectivity index (χ1) is 20.8. The Morgan fingerprint density at radius 2 is 1.66 bits per heavy atom. The molecule has 0 radical (unpaired) electrons. The van der Waals surface area contributed by atoms with E-state index in [2.05, 4.69) is 5.32 Å². The van der Waals surface area contributed by atoms with Gasteiger partial charge in [-0.15, -0.1) is 0 Å². The van der Waals surface area contributed by atoms with Gasteiger partial charge in [-0.2, -0.15) is 0 Å². The van der Waals surface area contributed by atoms with Crippen molar-refractivity contribution >= 4 is 44.8 Å². The third-order valence-corrected chi connectivity index (χ3v) is 9.28. The number of rotatable bonds is 14. The molecule has 3 rings (SSSR count). The average molecular weight is 645 g/mol. The van der Waals surface area contributed by atoms with Crippen LogP contribution >= 0.6 is 11.6 Å². The number of nitro benzene ring substituents is 1. The van der Waals surface area contributed by atoms with Crippen LogP contribution in [-0.2, 0) is 26.2 Å². The van der Waals surface area contributed by atoms with Crippen molar-refractivity contribution in [2.75, 3.05) is 18.0 Å². The predicted molar refractivity (Wildman–Crippen MR) is 169 cm³/mol. The quantitative estimate of drug-likeness (QED) is 0.181. The molecule has 0 aliphatic heterocycles. The number of nitrogens with one attached hydrogen (secondary N) is 1. The van der Waals surface area contributed by atoms with E-state index in [1.165, 1.54) is 43.2 Å². The van der Waals surface area contributed by atoms with Gasteiger partial charge < -0.3 is 15.0 Å². The number of benzene rings is 3. The maximum atomic E-state index is 14.2. The van der Waals surface area contributed by atoms with Crippen molar-refractivity contribution in [3.05, 3.63) is 93.0 Å². The van der Waals surface area contributed by atoms with Crippen molar-refractivity contribution in [1.29, 1.82) is 0 Å². The lowest BCUT2D eigenvalue weighted by Gasteiger charge is -2.33. The van der Waals surface area contributed by atoms with E-state index in [1.54, 1.807) is 43.3 Å². The molecule has 0 saturated carbocycles. The zero-order valence-corrected chi connectivity index (χ0v) is 26.9. The van der Waals surface area contributed by atoms with E-state index in [-0.39, 0.29) is 46.7 Å². The summed E-state index contributed by atoms with van der Waals surface area (Å²) >= 11 is 6.06. The molecule has 13 heteroatoms. The van der Waals surface area contributed by atoms with Crippen LogP contribution in [0.25, 0.3) is 0 Å². The fourth-order valence-electron chi connectivity index (χ4n) is 4.50. The lowest BCUT2D eigenvalue weighted by atomic mass is 10.1. The number of nitro groups is 1. The van der Waals surface area contributed by atoms with Crippen molar-refractivity contribution in [3.8, 4) is 5.75 Å². The van der Waals surface area contributed by atoms with Crippen LogP contribution < -0.4 is 14.4 Å². The van der Waals surface area contributed by atoms with Crippen molar-refractivity contribution in [1.82, 2.24) is 10.2 Å². The fourth-order valence-corrected chi connectivity index (χ4v) is 6.06. The number of ether oxygens (including phenoxy) is 1. The molecule has 11 nitrogen and oxygen atoms in total. The molecule has 2 atom stereocenters. The minimum Gasteiger partial charge on any atom is -0.497 e. The van der Waals surface area contributed by atoms with Gasteiger partial charge in [0.25, 0.3) is 15.7 Å². The number of nitrogens with zero attached hydrogens (tertiary/aromatic N) is 3. The highest BCUT2D eigenvalue weighted by Crippen LogP contribution is 2.29. The van der Waals surface area contributed by atoms with Gasteiger partial charge in [0.15, 0.2) is 0 Å². The summed E-state index contributed by atoms with van der Waals surface area (Å²) in [6.45, 7) is 6.38. The minimum atomic E-state index is -4.51. The number of carbonyl (C=O) groups excluding carboxylic acids is 2. The van der Waals surface area contributed by atoms with Crippen molar-refractivity contribution in [3.63, 3.8) is 0 Å². The van der Waals surface area contributed by atoms with Gasteiger partial charge >= 0.3 is 0 Å². The predicted octanol–water partition coefficient (Wildman–Crippen LogP) is 5.48. The monoisotopic (exact) mass is 644 g/mol. The molecule has 3 aromatic rings. The fraction of sp³-hybridized carbons (Fsp3) is 0.355. The maximum Gasteiger partial charge on any atom is 0.273 e. The highest BCUT2D eigenvalue weighted by Gasteiger charge is 2.34. The number of sulfonamides is 1. The molecular formula is C31H37ClN4O7S. The van der Waals surface area contributed by atoms with Gasteiger partial charge in [-0.05, 0) is 74.7 Å². The summed E-state index contributed by atoms with van der Waals surface area (Å²) in [5.74, 6) is -0.551. The van der Waals surface area contributed by atoms with E-state index in [9.17, 15) is 28.1 Å². The second-order valence-electron chi connectivity index (χ2n) is 10.3. The Morgan fingerprint density at radius 3 is 2.20 bits per heavy atom. The lowest BCUT2D eigenvalue weighted by Crippen LogP contribution is -2.53. The molecule has 0 bridgehead atoms. The minimum absolute atomic E-state index is 0.00887. The third-order valence-electron chi connectivity index (χ3n) is 7.26. The van der Waals surface area contributed by atoms with Crippen molar-refractivity contribution in [2.45, 2.75) is 64.1 Å². The van der Waals surface area contributed by atoms with Crippen LogP contribution in [-0.4, -0.2) is 55.8 Å². The molecule has 0 heterocycles. The summed E-state index contributed by atoms with van der Waals surface area (Å²) in [6, 6.07) is 15.4. The lowest BCUT2D eigenvalue weighted by molar-refractivity contribution is -0.385. The molecule has 44 heavy (non-hydrogen) atoms. The largest absolute Gasteiger partial charge is 0.497 e. The van der Waals surface area contributed by atoms with Gasteiger partial charge in [0.05, 0.1) is 22.6 Å². The molecule has 0 aromatic heterocycles. The number of hydrogen-bond donors (Lipinski definition) is 1. The van der Waals surface area contributed by atoms with Crippen LogP contribution in [0.4, 0.5) is 11.4 Å². The van der Waals surface area contributed by atoms with Crippen LogP contribution in [0.15, 0.2) is 71.6 Å². The van der Waals surface area contributed by atoms with Crippen LogP contribution in [0.3, 0.4) is 0 Å². The second kappa shape index (κ2) is 15.0. The van der Waals surface area contributed by atoms with Gasteiger partial charge in [0, 0.05) is 29.2 Å². The highest BCUT2D eigenvalue weighted by atomic mass is 35.5. The molecule has 0 aliphatic carbocycles. The SMILES string of the molecule is CC[C@H](C(=O)N[C@@H](C)CC)N(Cc1ccc(Cl)cc1)C(=O)CN(c1ccc(OC)cc1)S(=O)(=O)c1ccc(C)c([N+](=O)[O-])c1. The summed E-state index contributed by atoms with van der Waals surface area (Å²) < 4.78 is 34.3. The standard InChI is InChI=1S/C31H37ClN4O7S/c1-6-22(4)33-31(38)28(7-2)34(19-23-9-11-24(32)12-10-23)30(37)20-35(25-13-15-26(43-5)16-14-25)44(41,42)27-17-8-21(3)29(18-27)36(39)40/h8-18,22,28H,6-7,19-20H2,1-5H3,(H,33,38)/t22-,28+/m0/s1. The number of hydrogen-bond acceptors (Lipinski definition) is 7. The van der Waals surface area contributed by atoms with E-state index in [1.807, 2.05) is 13.8 Å². The molecular weight excluding hydrogens is 608 g/mol. The van der Waals surface area contributed by atoms with Gasteiger partial charge in [0.2, 0.25) is 11.8 Å². The average Bonchev–Trinajstić information content (AvgIpc) is 3.00. The Morgan fingerprint density at radius 1 is 1.02 bits per heavy atom. The molecule has 3 aromatic carbocycles. The van der Waals surface area contributed by atoms with Gasteiger partial charge in [-0.1, -0.05) is 43.6 Å². The zero-order chi connectivity index (χ0) is 32.6. The summed E-state index contributed by atoms with van der Waals surface area (Å²) in [4.78, 5) is 39.5. The highest BCUT2D eigenvalue weighted by molar-refractivity contribution is 7.92. The maximum absolute atomic E-state index is 14.2. The zero-order valence-electron chi connectivity index (χ0n) is 25.3. The first-order valence-electron chi connectivity index (χ1n) is 14.1. The van der Waals surface area contributed by atoms with Crippen LogP contribution in [0.1, 0.15) is 44.7 Å². The Labute approximate surface area is 263 Å². The third kappa shape index (κ3) is 8.26. The molecule has 236 valence electrons. The number of carbonyl (C=O) groups is 2. The number of halogens is 1. The Kier molecular flexibility index (Phi) is 11.7. The topological polar surface area (TPSA) is 139 Å². The Hall–Kier alpha value is -4.16. The van der Waals surface area contributed by atoms with Crippen molar-refractivity contribution in [2.24, 2.45) is 0 Å². The molecule has 0 fully saturated rings. The molecule has 0 spiro atoms. The van der Waals surface area contributed by atoms with E-state index in [0.29, 0.717) is 22.8 Å². The van der Waals surface area contributed by atoms with Crippen LogP contribution in [0.5, 0.6) is 5.75 Å². The van der Waals surface area contributed by atoms with Crippen LogP contribution in [0, 0.1) is 17.0 Å². The van der Waals surface area contributed by atoms with E-state index >= 15 is 0 Å². The summed E-state index contributed by atoms with van der Waals surface area (Å²) in [5.41, 5.74) is 0.731. The van der Waals surface area contributed by atoms with E-state index in [4.69, 9.17) is 16.3 Å².